The number of H-pyrrole nitrogens is 1. The summed E-state index contributed by atoms with van der Waals surface area (Å²) in [6.07, 6.45) is 1.54. The van der Waals surface area contributed by atoms with Crippen LogP contribution in [-0.2, 0) is 17.6 Å². The third-order valence-electron chi connectivity index (χ3n) is 4.75. The molecule has 0 bridgehead atoms. The van der Waals surface area contributed by atoms with Gasteiger partial charge in [0.1, 0.15) is 5.75 Å². The van der Waals surface area contributed by atoms with Crippen molar-refractivity contribution in [3.05, 3.63) is 46.8 Å². The van der Waals surface area contributed by atoms with Crippen LogP contribution in [-0.4, -0.2) is 47.3 Å². The molecule has 0 saturated carbocycles. The number of rotatable bonds is 6. The molecule has 6 nitrogen and oxygen atoms in total. The summed E-state index contributed by atoms with van der Waals surface area (Å²) in [5.41, 5.74) is 3.62. The van der Waals surface area contributed by atoms with Crippen LogP contribution < -0.4 is 4.74 Å². The Bertz CT molecular complexity index is 754. The minimum absolute atomic E-state index is 0.0465. The molecule has 0 aliphatic carbocycles. The average molecular weight is 357 g/mol. The van der Waals surface area contributed by atoms with Crippen molar-refractivity contribution in [2.75, 3.05) is 20.2 Å². The summed E-state index contributed by atoms with van der Waals surface area (Å²) in [5, 5.41) is 7.27. The number of hydrogen-bond donors (Lipinski definition) is 1. The number of carbonyl (C=O) groups is 1. The van der Waals surface area contributed by atoms with Gasteiger partial charge in [0.15, 0.2) is 5.69 Å². The fourth-order valence-electron chi connectivity index (χ4n) is 3.35. The van der Waals surface area contributed by atoms with Crippen LogP contribution in [0.4, 0.5) is 0 Å². The molecule has 6 heteroatoms. The largest absolute Gasteiger partial charge is 0.494 e. The Morgan fingerprint density at radius 2 is 2.08 bits per heavy atom. The molecule has 3 rings (SSSR count). The molecule has 0 unspecified atom stereocenters. The third kappa shape index (κ3) is 3.90. The smallest absolute Gasteiger partial charge is 0.274 e. The van der Waals surface area contributed by atoms with Gasteiger partial charge >= 0.3 is 0 Å². The number of aromatic nitrogens is 2. The van der Waals surface area contributed by atoms with Gasteiger partial charge < -0.3 is 14.4 Å². The molecular weight excluding hydrogens is 330 g/mol. The number of fused-ring (bicyclic) bond motifs is 1. The van der Waals surface area contributed by atoms with Crippen LogP contribution in [0.25, 0.3) is 0 Å². The van der Waals surface area contributed by atoms with Gasteiger partial charge in [0.25, 0.3) is 5.91 Å². The second kappa shape index (κ2) is 7.91. The number of hydrogen-bond acceptors (Lipinski definition) is 4. The Balaban J connectivity index is 1.63. The first-order chi connectivity index (χ1) is 12.5. The molecule has 0 saturated heterocycles. The van der Waals surface area contributed by atoms with Gasteiger partial charge in [-0.05, 0) is 44.9 Å². The predicted molar refractivity (Wildman–Crippen MR) is 99.5 cm³/mol. The van der Waals surface area contributed by atoms with Crippen molar-refractivity contribution in [3.8, 4) is 5.75 Å². The molecule has 0 spiro atoms. The molecule has 1 N–H and O–H groups in total. The zero-order chi connectivity index (χ0) is 18.7. The molecule has 1 amide bonds. The Morgan fingerprint density at radius 1 is 1.35 bits per heavy atom. The summed E-state index contributed by atoms with van der Waals surface area (Å²) in [4.78, 5) is 14.6. The highest BCUT2D eigenvalue weighted by Gasteiger charge is 2.30. The van der Waals surface area contributed by atoms with Gasteiger partial charge in [0.05, 0.1) is 24.5 Å². The number of benzene rings is 1. The SMILES string of the molecule is CCOc1ccc(CCN(C)C(=O)c2n[nH]c3c2C[C@H](C)O[C@@H]3C)cc1. The van der Waals surface area contributed by atoms with Crippen LogP contribution >= 0.6 is 0 Å². The number of aromatic amines is 1. The second-order valence-corrected chi connectivity index (χ2v) is 6.81. The van der Waals surface area contributed by atoms with E-state index in [0.29, 0.717) is 25.3 Å². The first-order valence-corrected chi connectivity index (χ1v) is 9.19. The lowest BCUT2D eigenvalue weighted by molar-refractivity contribution is -0.00701. The lowest BCUT2D eigenvalue weighted by atomic mass is 9.99. The van der Waals surface area contributed by atoms with E-state index in [0.717, 1.165) is 23.4 Å². The van der Waals surface area contributed by atoms with Crippen molar-refractivity contribution >= 4 is 5.91 Å². The third-order valence-corrected chi connectivity index (χ3v) is 4.75. The van der Waals surface area contributed by atoms with E-state index >= 15 is 0 Å². The van der Waals surface area contributed by atoms with Gasteiger partial charge in [-0.25, -0.2) is 0 Å². The van der Waals surface area contributed by atoms with Crippen LogP contribution in [0, 0.1) is 0 Å². The maximum absolute atomic E-state index is 12.8. The van der Waals surface area contributed by atoms with Gasteiger partial charge in [0, 0.05) is 25.6 Å². The number of ether oxygens (including phenoxy) is 2. The quantitative estimate of drug-likeness (QED) is 0.862. The monoisotopic (exact) mass is 357 g/mol. The first kappa shape index (κ1) is 18.5. The number of nitrogens with one attached hydrogen (secondary N) is 1. The van der Waals surface area contributed by atoms with E-state index in [1.807, 2.05) is 52.1 Å². The average Bonchev–Trinajstić information content (AvgIpc) is 3.04. The molecule has 2 heterocycles. The van der Waals surface area contributed by atoms with Gasteiger partial charge in [-0.3, -0.25) is 9.89 Å². The van der Waals surface area contributed by atoms with Crippen molar-refractivity contribution in [1.82, 2.24) is 15.1 Å². The highest BCUT2D eigenvalue weighted by Crippen LogP contribution is 2.30. The van der Waals surface area contributed by atoms with E-state index < -0.39 is 0 Å². The van der Waals surface area contributed by atoms with Crippen LogP contribution in [0.1, 0.15) is 54.2 Å². The topological polar surface area (TPSA) is 67.5 Å². The van der Waals surface area contributed by atoms with Crippen LogP contribution in [0.15, 0.2) is 24.3 Å². The van der Waals surface area contributed by atoms with Gasteiger partial charge in [-0.2, -0.15) is 5.10 Å². The fraction of sp³-hybridized carbons (Fsp3) is 0.500. The van der Waals surface area contributed by atoms with E-state index in [1.54, 1.807) is 4.90 Å². The Hall–Kier alpha value is -2.34. The maximum atomic E-state index is 12.8. The molecule has 0 fully saturated rings. The van der Waals surface area contributed by atoms with Crippen LogP contribution in [0.2, 0.25) is 0 Å². The van der Waals surface area contributed by atoms with E-state index in [1.165, 1.54) is 5.56 Å². The number of carbonyl (C=O) groups excluding carboxylic acids is 1. The normalized spacial score (nSPS) is 19.1. The highest BCUT2D eigenvalue weighted by atomic mass is 16.5. The van der Waals surface area contributed by atoms with Crippen LogP contribution in [0.3, 0.4) is 0 Å². The van der Waals surface area contributed by atoms with E-state index in [9.17, 15) is 4.79 Å². The van der Waals surface area contributed by atoms with Gasteiger partial charge in [0.2, 0.25) is 0 Å². The molecule has 1 aliphatic rings. The summed E-state index contributed by atoms with van der Waals surface area (Å²) in [6.45, 7) is 7.27. The molecule has 1 aromatic carbocycles. The zero-order valence-corrected chi connectivity index (χ0v) is 15.9. The molecular formula is C20H27N3O3. The Labute approximate surface area is 154 Å². The molecule has 26 heavy (non-hydrogen) atoms. The minimum Gasteiger partial charge on any atom is -0.494 e. The molecule has 0 radical (unpaired) electrons. The first-order valence-electron chi connectivity index (χ1n) is 9.19. The van der Waals surface area contributed by atoms with E-state index in [2.05, 4.69) is 10.2 Å². The Morgan fingerprint density at radius 3 is 2.77 bits per heavy atom. The number of likely N-dealkylation sites (N-methyl/N-ethyl adjacent to an activating group) is 1. The maximum Gasteiger partial charge on any atom is 0.274 e. The summed E-state index contributed by atoms with van der Waals surface area (Å²) in [5.74, 6) is 0.823. The summed E-state index contributed by atoms with van der Waals surface area (Å²) < 4.78 is 11.2. The van der Waals surface area contributed by atoms with Crippen molar-refractivity contribution in [2.45, 2.75) is 45.8 Å². The molecule has 140 valence electrons. The Kier molecular flexibility index (Phi) is 5.61. The molecule has 2 atom stereocenters. The van der Waals surface area contributed by atoms with Crippen molar-refractivity contribution < 1.29 is 14.3 Å². The number of amides is 1. The zero-order valence-electron chi connectivity index (χ0n) is 15.9. The van der Waals surface area contributed by atoms with Crippen molar-refractivity contribution in [2.24, 2.45) is 0 Å². The number of nitrogens with zero attached hydrogens (tertiary/aromatic N) is 2. The molecule has 1 aliphatic heterocycles. The van der Waals surface area contributed by atoms with Crippen molar-refractivity contribution in [1.29, 1.82) is 0 Å². The summed E-state index contributed by atoms with van der Waals surface area (Å²) in [7, 11) is 1.82. The van der Waals surface area contributed by atoms with Gasteiger partial charge in [-0.1, -0.05) is 12.1 Å². The highest BCUT2D eigenvalue weighted by molar-refractivity contribution is 5.94. The minimum atomic E-state index is -0.0584. The predicted octanol–water partition coefficient (Wildman–Crippen LogP) is 3.15. The summed E-state index contributed by atoms with van der Waals surface area (Å²) >= 11 is 0. The van der Waals surface area contributed by atoms with Crippen LogP contribution in [0.5, 0.6) is 5.75 Å². The van der Waals surface area contributed by atoms with Crippen molar-refractivity contribution in [3.63, 3.8) is 0 Å². The second-order valence-electron chi connectivity index (χ2n) is 6.81. The summed E-state index contributed by atoms with van der Waals surface area (Å²) in [6, 6.07) is 8.02. The van der Waals surface area contributed by atoms with E-state index in [-0.39, 0.29) is 18.1 Å². The van der Waals surface area contributed by atoms with Gasteiger partial charge in [-0.15, -0.1) is 0 Å². The fourth-order valence-corrected chi connectivity index (χ4v) is 3.35. The lowest BCUT2D eigenvalue weighted by Crippen LogP contribution is -2.31. The lowest BCUT2D eigenvalue weighted by Gasteiger charge is -2.25. The molecule has 1 aromatic heterocycles. The van der Waals surface area contributed by atoms with E-state index in [4.69, 9.17) is 9.47 Å². The molecule has 2 aromatic rings. The standard InChI is InChI=1S/C20H27N3O3/c1-5-25-16-8-6-15(7-9-16)10-11-23(4)20(24)19-17-12-13(2)26-14(3)18(17)21-22-19/h6-9,13-14H,5,10-12H2,1-4H3,(H,21,22)/t13-,14+/m0/s1.